The molecule has 1 aliphatic heterocycles. The Hall–Kier alpha value is -2.37. The van der Waals surface area contributed by atoms with Crippen molar-refractivity contribution >= 4 is 27.1 Å². The molecule has 12 heteroatoms. The summed E-state index contributed by atoms with van der Waals surface area (Å²) in [5, 5.41) is 16.3. The number of nitro benzene ring substituents is 1. The van der Waals surface area contributed by atoms with Crippen LogP contribution in [-0.2, 0) is 14.6 Å². The van der Waals surface area contributed by atoms with Gasteiger partial charge in [0.05, 0.1) is 9.82 Å². The zero-order valence-corrected chi connectivity index (χ0v) is 12.8. The standard InChI is InChI=1S/C12H12F3N3O5S/c13-12(14,15)24(22,23)8-2-3-9(10(5-8)18(20)21)17-7-1-4-11(19)16-6-7/h2-3,5,7,17H,1,4,6H2,(H,16,19). The maximum absolute atomic E-state index is 12.5. The van der Waals surface area contributed by atoms with E-state index >= 15 is 0 Å². The molecule has 0 spiro atoms. The van der Waals surface area contributed by atoms with Gasteiger partial charge in [-0.2, -0.15) is 13.2 Å². The molecule has 0 saturated carbocycles. The highest BCUT2D eigenvalue weighted by molar-refractivity contribution is 7.92. The summed E-state index contributed by atoms with van der Waals surface area (Å²) >= 11 is 0. The first-order chi connectivity index (χ1) is 11.0. The lowest BCUT2D eigenvalue weighted by Crippen LogP contribution is -2.41. The van der Waals surface area contributed by atoms with Crippen molar-refractivity contribution in [1.82, 2.24) is 5.32 Å². The number of anilines is 1. The largest absolute Gasteiger partial charge is 0.501 e. The monoisotopic (exact) mass is 367 g/mol. The average molecular weight is 367 g/mol. The molecular formula is C12H12F3N3O5S. The van der Waals surface area contributed by atoms with E-state index < -0.39 is 30.9 Å². The van der Waals surface area contributed by atoms with Gasteiger partial charge in [-0.05, 0) is 18.6 Å². The Morgan fingerprint density at radius 1 is 1.33 bits per heavy atom. The Morgan fingerprint density at radius 2 is 2.00 bits per heavy atom. The third kappa shape index (κ3) is 3.58. The van der Waals surface area contributed by atoms with Crippen molar-refractivity contribution in [3.8, 4) is 0 Å². The predicted molar refractivity (Wildman–Crippen MR) is 76.0 cm³/mol. The minimum atomic E-state index is -5.68. The summed E-state index contributed by atoms with van der Waals surface area (Å²) in [4.78, 5) is 20.0. The highest BCUT2D eigenvalue weighted by Crippen LogP contribution is 2.35. The lowest BCUT2D eigenvalue weighted by molar-refractivity contribution is -0.384. The van der Waals surface area contributed by atoms with Crippen molar-refractivity contribution in [3.63, 3.8) is 0 Å². The maximum Gasteiger partial charge on any atom is 0.501 e. The molecule has 1 saturated heterocycles. The van der Waals surface area contributed by atoms with Crippen LogP contribution in [0, 0.1) is 10.1 Å². The summed E-state index contributed by atoms with van der Waals surface area (Å²) in [5.74, 6) is -0.172. The summed E-state index contributed by atoms with van der Waals surface area (Å²) in [6, 6.07) is 1.57. The molecular weight excluding hydrogens is 355 g/mol. The van der Waals surface area contributed by atoms with Crippen LogP contribution in [0.4, 0.5) is 24.5 Å². The second-order valence-electron chi connectivity index (χ2n) is 5.07. The van der Waals surface area contributed by atoms with E-state index in [-0.39, 0.29) is 30.6 Å². The molecule has 1 amide bonds. The van der Waals surface area contributed by atoms with E-state index in [1.807, 2.05) is 0 Å². The molecule has 1 aromatic carbocycles. The number of hydrogen-bond acceptors (Lipinski definition) is 6. The number of hydrogen-bond donors (Lipinski definition) is 2. The number of nitro groups is 1. The number of carbonyl (C=O) groups excluding carboxylic acids is 1. The molecule has 1 fully saturated rings. The van der Waals surface area contributed by atoms with Gasteiger partial charge in [-0.15, -0.1) is 0 Å². The van der Waals surface area contributed by atoms with Gasteiger partial charge < -0.3 is 10.6 Å². The summed E-state index contributed by atoms with van der Waals surface area (Å²) < 4.78 is 60.3. The highest BCUT2D eigenvalue weighted by atomic mass is 32.2. The molecule has 2 rings (SSSR count). The van der Waals surface area contributed by atoms with Crippen LogP contribution in [0.15, 0.2) is 23.1 Å². The van der Waals surface area contributed by atoms with Gasteiger partial charge in [-0.3, -0.25) is 14.9 Å². The first-order valence-electron chi connectivity index (χ1n) is 6.65. The summed E-state index contributed by atoms with van der Waals surface area (Å²) in [6.45, 7) is 0.193. The summed E-state index contributed by atoms with van der Waals surface area (Å²) in [6.07, 6.45) is 0.581. The van der Waals surface area contributed by atoms with Crippen molar-refractivity contribution in [2.45, 2.75) is 29.3 Å². The molecule has 1 aromatic rings. The third-order valence-electron chi connectivity index (χ3n) is 3.41. The molecule has 0 radical (unpaired) electrons. The van der Waals surface area contributed by atoms with Gasteiger partial charge in [0, 0.05) is 25.1 Å². The van der Waals surface area contributed by atoms with Gasteiger partial charge in [0.2, 0.25) is 5.91 Å². The van der Waals surface area contributed by atoms with Crippen LogP contribution in [-0.4, -0.2) is 37.3 Å². The van der Waals surface area contributed by atoms with Crippen LogP contribution in [0.5, 0.6) is 0 Å². The van der Waals surface area contributed by atoms with E-state index in [0.29, 0.717) is 18.6 Å². The van der Waals surface area contributed by atoms with Crippen molar-refractivity contribution in [3.05, 3.63) is 28.3 Å². The van der Waals surface area contributed by atoms with E-state index in [1.54, 1.807) is 0 Å². The highest BCUT2D eigenvalue weighted by Gasteiger charge is 2.47. The van der Waals surface area contributed by atoms with Crippen molar-refractivity contribution in [2.75, 3.05) is 11.9 Å². The van der Waals surface area contributed by atoms with Crippen LogP contribution in [0.25, 0.3) is 0 Å². The molecule has 132 valence electrons. The number of alkyl halides is 3. The SMILES string of the molecule is O=C1CCC(Nc2ccc(S(=O)(=O)C(F)(F)F)cc2[N+](=O)[O-])CN1. The number of nitrogens with zero attached hydrogens (tertiary/aromatic N) is 1. The van der Waals surface area contributed by atoms with Gasteiger partial charge in [-0.25, -0.2) is 8.42 Å². The van der Waals surface area contributed by atoms with Crippen molar-refractivity contribution in [2.24, 2.45) is 0 Å². The Balaban J connectivity index is 2.34. The lowest BCUT2D eigenvalue weighted by atomic mass is 10.1. The van der Waals surface area contributed by atoms with E-state index in [4.69, 9.17) is 0 Å². The van der Waals surface area contributed by atoms with E-state index in [0.717, 1.165) is 6.07 Å². The predicted octanol–water partition coefficient (Wildman–Crippen LogP) is 1.58. The number of benzene rings is 1. The molecule has 1 heterocycles. The number of amides is 1. The van der Waals surface area contributed by atoms with Gasteiger partial charge in [-0.1, -0.05) is 0 Å². The Bertz CT molecular complexity index is 769. The smallest absolute Gasteiger partial charge is 0.375 e. The van der Waals surface area contributed by atoms with Gasteiger partial charge in [0.1, 0.15) is 5.69 Å². The first-order valence-corrected chi connectivity index (χ1v) is 8.13. The lowest BCUT2D eigenvalue weighted by Gasteiger charge is -2.24. The van der Waals surface area contributed by atoms with E-state index in [9.17, 15) is 36.5 Å². The first kappa shape index (κ1) is 18.0. The van der Waals surface area contributed by atoms with Crippen molar-refractivity contribution in [1.29, 1.82) is 0 Å². The van der Waals surface area contributed by atoms with Crippen LogP contribution in [0.3, 0.4) is 0 Å². The zero-order valence-electron chi connectivity index (χ0n) is 12.0. The molecule has 0 aromatic heterocycles. The Kier molecular flexibility index (Phi) is 4.69. The fourth-order valence-corrected chi connectivity index (χ4v) is 2.94. The van der Waals surface area contributed by atoms with Crippen LogP contribution in [0.2, 0.25) is 0 Å². The molecule has 1 unspecified atom stereocenters. The molecule has 8 nitrogen and oxygen atoms in total. The van der Waals surface area contributed by atoms with Crippen molar-refractivity contribution < 1.29 is 31.3 Å². The number of sulfone groups is 1. The molecule has 0 aliphatic carbocycles. The Morgan fingerprint density at radius 3 is 2.50 bits per heavy atom. The normalized spacial score (nSPS) is 18.8. The maximum atomic E-state index is 12.5. The average Bonchev–Trinajstić information content (AvgIpc) is 2.48. The number of carbonyl (C=O) groups is 1. The number of nitrogens with one attached hydrogen (secondary N) is 2. The Labute approximate surface area is 134 Å². The third-order valence-corrected chi connectivity index (χ3v) is 4.89. The topological polar surface area (TPSA) is 118 Å². The molecule has 1 atom stereocenters. The van der Waals surface area contributed by atoms with Gasteiger partial charge in [0.15, 0.2) is 0 Å². The molecule has 0 bridgehead atoms. The quantitative estimate of drug-likeness (QED) is 0.616. The van der Waals surface area contributed by atoms with Gasteiger partial charge >= 0.3 is 5.51 Å². The zero-order chi connectivity index (χ0) is 18.1. The van der Waals surface area contributed by atoms with E-state index in [2.05, 4.69) is 10.6 Å². The van der Waals surface area contributed by atoms with Crippen LogP contribution in [0.1, 0.15) is 12.8 Å². The second kappa shape index (κ2) is 6.26. The fraction of sp³-hybridized carbons (Fsp3) is 0.417. The fourth-order valence-electron chi connectivity index (χ4n) is 2.16. The number of piperidine rings is 1. The van der Waals surface area contributed by atoms with E-state index in [1.165, 1.54) is 0 Å². The minimum absolute atomic E-state index is 0.123. The summed E-state index contributed by atoms with van der Waals surface area (Å²) in [7, 11) is -5.68. The number of halogens is 3. The molecule has 2 N–H and O–H groups in total. The van der Waals surface area contributed by atoms with Crippen LogP contribution < -0.4 is 10.6 Å². The van der Waals surface area contributed by atoms with Gasteiger partial charge in [0.25, 0.3) is 15.5 Å². The minimum Gasteiger partial charge on any atom is -0.375 e. The second-order valence-corrected chi connectivity index (χ2v) is 7.01. The summed E-state index contributed by atoms with van der Waals surface area (Å²) in [5.41, 5.74) is -6.47. The van der Waals surface area contributed by atoms with Crippen LogP contribution >= 0.6 is 0 Å². The molecule has 24 heavy (non-hydrogen) atoms. The molecule has 1 aliphatic rings. The number of rotatable bonds is 4.